The number of nitrogens with zero attached hydrogens (tertiary/aromatic N) is 4. The summed E-state index contributed by atoms with van der Waals surface area (Å²) in [5.41, 5.74) is 6.48. The summed E-state index contributed by atoms with van der Waals surface area (Å²) >= 11 is 1.49. The molecule has 1 fully saturated rings. The zero-order valence-corrected chi connectivity index (χ0v) is 31.2. The minimum atomic E-state index is -0.649. The van der Waals surface area contributed by atoms with Crippen LogP contribution in [0.4, 0.5) is 0 Å². The molecule has 0 bridgehead atoms. The number of thioether (sulfide) groups is 1. The second-order valence-electron chi connectivity index (χ2n) is 13.4. The number of benzene rings is 4. The van der Waals surface area contributed by atoms with Crippen molar-refractivity contribution in [1.82, 2.24) is 30.8 Å². The molecule has 2 heterocycles. The van der Waals surface area contributed by atoms with Crippen LogP contribution in [-0.2, 0) is 32.2 Å². The number of hydrogen-bond donors (Lipinski definition) is 4. The molecule has 0 saturated carbocycles. The predicted molar refractivity (Wildman–Crippen MR) is 205 cm³/mol. The van der Waals surface area contributed by atoms with E-state index in [1.165, 1.54) is 18.7 Å². The van der Waals surface area contributed by atoms with E-state index in [0.29, 0.717) is 30.4 Å². The summed E-state index contributed by atoms with van der Waals surface area (Å²) in [6, 6.07) is 30.7. The average Bonchev–Trinajstić information content (AvgIpc) is 3.67. The fraction of sp³-hybridized carbons (Fsp3) is 0.341. The van der Waals surface area contributed by atoms with Crippen LogP contribution in [0.15, 0.2) is 102 Å². The van der Waals surface area contributed by atoms with Gasteiger partial charge >= 0.3 is 0 Å². The maximum Gasteiger partial charge on any atom is 0.220 e. The number of nitrogens with one attached hydrogen (secondary N) is 2. The molecule has 4 aromatic carbocycles. The van der Waals surface area contributed by atoms with Crippen LogP contribution in [-0.4, -0.2) is 60.6 Å². The van der Waals surface area contributed by atoms with E-state index in [1.807, 2.05) is 54.6 Å². The number of aromatic nitrogens is 4. The zero-order valence-electron chi connectivity index (χ0n) is 30.4. The third-order valence-corrected chi connectivity index (χ3v) is 10.5. The molecule has 6 rings (SSSR count). The molecule has 1 aromatic heterocycles. The fourth-order valence-corrected chi connectivity index (χ4v) is 7.46. The number of aliphatic hydroxyl groups is 1. The number of carbonyl (C=O) groups is 2. The highest BCUT2D eigenvalue weighted by Gasteiger charge is 2.38. The summed E-state index contributed by atoms with van der Waals surface area (Å²) in [5.74, 6) is 0.655. The van der Waals surface area contributed by atoms with E-state index in [-0.39, 0.29) is 42.3 Å². The van der Waals surface area contributed by atoms with Gasteiger partial charge in [0.2, 0.25) is 17.0 Å². The van der Waals surface area contributed by atoms with Crippen molar-refractivity contribution in [2.24, 2.45) is 5.92 Å². The number of hydrogen-bond acceptors (Lipinski definition) is 10. The van der Waals surface area contributed by atoms with Crippen molar-refractivity contribution in [2.75, 3.05) is 12.3 Å². The molecule has 282 valence electrons. The highest BCUT2D eigenvalue weighted by Crippen LogP contribution is 2.43. The van der Waals surface area contributed by atoms with Crippen LogP contribution in [0.3, 0.4) is 0 Å². The van der Waals surface area contributed by atoms with Crippen LogP contribution in [0.2, 0.25) is 0 Å². The first-order chi connectivity index (χ1) is 26.3. The summed E-state index contributed by atoms with van der Waals surface area (Å²) < 4.78 is 15.0. The number of rotatable bonds is 16. The lowest BCUT2D eigenvalue weighted by Gasteiger charge is -2.41. The highest BCUT2D eigenvalue weighted by molar-refractivity contribution is 7.99. The number of aromatic hydroxyl groups is 1. The van der Waals surface area contributed by atoms with Crippen LogP contribution >= 0.6 is 11.8 Å². The minimum absolute atomic E-state index is 0.00521. The van der Waals surface area contributed by atoms with E-state index in [0.717, 1.165) is 58.3 Å². The van der Waals surface area contributed by atoms with E-state index in [4.69, 9.17) is 9.47 Å². The number of ether oxygens (including phenoxy) is 2. The Hall–Kier alpha value is -5.08. The van der Waals surface area contributed by atoms with E-state index in [1.54, 1.807) is 28.9 Å². The molecular weight excluding hydrogens is 705 g/mol. The first-order valence-electron chi connectivity index (χ1n) is 18.2. The molecule has 54 heavy (non-hydrogen) atoms. The molecule has 1 aliphatic rings. The summed E-state index contributed by atoms with van der Waals surface area (Å²) in [6.45, 7) is 4.63. The maximum absolute atomic E-state index is 12.6. The molecule has 2 amide bonds. The summed E-state index contributed by atoms with van der Waals surface area (Å²) in [6.07, 6.45) is 1.78. The monoisotopic (exact) mass is 750 g/mol. The summed E-state index contributed by atoms with van der Waals surface area (Å²) in [7, 11) is 0. The quantitative estimate of drug-likeness (QED) is 0.0654. The van der Waals surface area contributed by atoms with Crippen molar-refractivity contribution in [3.05, 3.63) is 119 Å². The Morgan fingerprint density at radius 3 is 2.35 bits per heavy atom. The Morgan fingerprint density at radius 1 is 0.870 bits per heavy atom. The lowest BCUT2D eigenvalue weighted by atomic mass is 9.91. The van der Waals surface area contributed by atoms with E-state index < -0.39 is 6.29 Å². The molecule has 4 atom stereocenters. The maximum atomic E-state index is 12.6. The molecule has 13 heteroatoms. The predicted octanol–water partition coefficient (Wildman–Crippen LogP) is 6.42. The lowest BCUT2D eigenvalue weighted by Crippen LogP contribution is -2.38. The number of tetrazole rings is 1. The number of unbranched alkanes of at least 4 members (excludes halogenated alkanes) is 2. The molecule has 0 radical (unpaired) electrons. The van der Waals surface area contributed by atoms with Crippen molar-refractivity contribution in [1.29, 1.82) is 0 Å². The molecule has 1 saturated heterocycles. The number of aliphatic hydroxyl groups excluding tert-OH is 1. The zero-order chi connectivity index (χ0) is 37.9. The van der Waals surface area contributed by atoms with Crippen LogP contribution in [0.5, 0.6) is 5.75 Å². The Balaban J connectivity index is 1.14. The van der Waals surface area contributed by atoms with E-state index in [9.17, 15) is 19.8 Å². The van der Waals surface area contributed by atoms with Crippen LogP contribution in [0.1, 0.15) is 74.2 Å². The SMILES string of the molecule is CC(=O)NCCCCCC(=O)NCc1ccccc1-c1ccc(C2OC(CSc3nnnn3-c3ccc(O)cc3)C(C)C(c3ccc(CO)cc3)O2)cc1. The van der Waals surface area contributed by atoms with Crippen LogP contribution in [0, 0.1) is 5.92 Å². The van der Waals surface area contributed by atoms with Crippen molar-refractivity contribution >= 4 is 23.6 Å². The number of phenols is 1. The second-order valence-corrected chi connectivity index (χ2v) is 14.4. The third kappa shape index (κ3) is 10.1. The van der Waals surface area contributed by atoms with E-state index >= 15 is 0 Å². The summed E-state index contributed by atoms with van der Waals surface area (Å²) in [4.78, 5) is 23.6. The second kappa shape index (κ2) is 18.8. The van der Waals surface area contributed by atoms with Gasteiger partial charge in [0.15, 0.2) is 6.29 Å². The Labute approximate surface area is 319 Å². The highest BCUT2D eigenvalue weighted by atomic mass is 32.2. The van der Waals surface area contributed by atoms with Gasteiger partial charge < -0.3 is 30.3 Å². The number of carbonyl (C=O) groups excluding carboxylic acids is 2. The molecule has 0 spiro atoms. The van der Waals surface area contributed by atoms with Crippen molar-refractivity contribution < 1.29 is 29.3 Å². The molecule has 4 unspecified atom stereocenters. The van der Waals surface area contributed by atoms with Gasteiger partial charge in [-0.3, -0.25) is 9.59 Å². The van der Waals surface area contributed by atoms with Crippen molar-refractivity contribution in [3.63, 3.8) is 0 Å². The molecular formula is C41H46N6O6S. The van der Waals surface area contributed by atoms with Crippen LogP contribution in [0.25, 0.3) is 16.8 Å². The van der Waals surface area contributed by atoms with Gasteiger partial charge in [-0.05, 0) is 75.4 Å². The Kier molecular flexibility index (Phi) is 13.4. The first-order valence-corrected chi connectivity index (χ1v) is 19.2. The van der Waals surface area contributed by atoms with Crippen molar-refractivity contribution in [2.45, 2.75) is 76.3 Å². The topological polar surface area (TPSA) is 161 Å². The van der Waals surface area contributed by atoms with Crippen LogP contribution < -0.4 is 10.6 Å². The third-order valence-electron chi connectivity index (χ3n) is 9.48. The average molecular weight is 751 g/mol. The Morgan fingerprint density at radius 2 is 1.61 bits per heavy atom. The van der Waals surface area contributed by atoms with Gasteiger partial charge in [-0.15, -0.1) is 5.10 Å². The van der Waals surface area contributed by atoms with Gasteiger partial charge in [0.05, 0.1) is 24.5 Å². The number of amides is 2. The standard InChI is InChI=1S/C41H46N6O6S/c1-27-37(26-54-41-44-45-46-47(41)34-19-21-35(50)22-20-34)52-40(53-39(27)31-13-11-29(25-48)12-14-31)32-17-15-30(16-18-32)36-9-6-5-8-33(36)24-43-38(51)10-4-3-7-23-42-28(2)49/h5-6,8-9,11-22,27,37,39-40,48,50H,3-4,7,10,23-26H2,1-2H3,(H,42,49)(H,43,51). The van der Waals surface area contributed by atoms with Gasteiger partial charge in [0.25, 0.3) is 0 Å². The molecule has 1 aliphatic heterocycles. The molecule has 5 aromatic rings. The van der Waals surface area contributed by atoms with Gasteiger partial charge in [-0.1, -0.05) is 97.9 Å². The smallest absolute Gasteiger partial charge is 0.220 e. The Bertz CT molecular complexity index is 1970. The molecule has 12 nitrogen and oxygen atoms in total. The minimum Gasteiger partial charge on any atom is -0.508 e. The normalized spacial score (nSPS) is 18.3. The van der Waals surface area contributed by atoms with Gasteiger partial charge in [-0.2, -0.15) is 4.68 Å². The summed E-state index contributed by atoms with van der Waals surface area (Å²) in [5, 5.41) is 38.1. The van der Waals surface area contributed by atoms with Gasteiger partial charge in [0, 0.05) is 43.7 Å². The first kappa shape index (κ1) is 38.6. The number of phenolic OH excluding ortho intramolecular Hbond substituents is 1. The molecule has 4 N–H and O–H groups in total. The lowest BCUT2D eigenvalue weighted by molar-refractivity contribution is -0.268. The van der Waals surface area contributed by atoms with E-state index in [2.05, 4.69) is 51.3 Å². The van der Waals surface area contributed by atoms with Gasteiger partial charge in [-0.25, -0.2) is 0 Å². The van der Waals surface area contributed by atoms with Gasteiger partial charge in [0.1, 0.15) is 5.75 Å². The van der Waals surface area contributed by atoms with Crippen molar-refractivity contribution in [3.8, 4) is 22.6 Å². The largest absolute Gasteiger partial charge is 0.508 e. The molecule has 0 aliphatic carbocycles. The fourth-order valence-electron chi connectivity index (χ4n) is 6.40.